The first kappa shape index (κ1) is 17.7. The van der Waals surface area contributed by atoms with E-state index in [1.165, 1.54) is 20.8 Å². The Morgan fingerprint density at radius 2 is 1.75 bits per heavy atom. The summed E-state index contributed by atoms with van der Waals surface area (Å²) in [5, 5.41) is 0. The molecular weight excluding hydrogens is 223 g/mol. The molecule has 0 aliphatic carbocycles. The van der Waals surface area contributed by atoms with Crippen molar-refractivity contribution < 1.29 is 54.8 Å². The maximum Gasteiger partial charge on any atom is 1.00 e. The quantitative estimate of drug-likeness (QED) is 0.184. The number of hydrogen-bond acceptors (Lipinski definition) is 5. The van der Waals surface area contributed by atoms with E-state index in [-0.39, 0.29) is 48.8 Å². The molecule has 86 valence electrons. The third-order valence-corrected chi connectivity index (χ3v) is 1.31. The molecule has 6 heteroatoms. The molecule has 16 heavy (non-hydrogen) atoms. The second kappa shape index (κ2) is 8.50. The zero-order valence-corrected chi connectivity index (χ0v) is 12.0. The SMILES string of the molecule is C=C(C)C(=O)OC(C)OC(=O)CC(C)=O.[H-].[Na+]. The van der Waals surface area contributed by atoms with Gasteiger partial charge in [0.05, 0.1) is 0 Å². The van der Waals surface area contributed by atoms with Crippen LogP contribution in [0.2, 0.25) is 0 Å². The van der Waals surface area contributed by atoms with Crippen LogP contribution in [0.3, 0.4) is 0 Å². The van der Waals surface area contributed by atoms with Crippen molar-refractivity contribution in [2.75, 3.05) is 0 Å². The largest absolute Gasteiger partial charge is 1.00 e. The number of esters is 2. The molecule has 0 heterocycles. The Morgan fingerprint density at radius 3 is 2.12 bits per heavy atom. The van der Waals surface area contributed by atoms with Gasteiger partial charge in [-0.2, -0.15) is 0 Å². The Bertz CT molecular complexity index is 303. The molecule has 0 spiro atoms. The van der Waals surface area contributed by atoms with Crippen LogP contribution in [-0.2, 0) is 23.9 Å². The minimum absolute atomic E-state index is 0. The predicted octanol–water partition coefficient (Wildman–Crippen LogP) is -1.91. The van der Waals surface area contributed by atoms with Crippen LogP contribution in [0.15, 0.2) is 12.2 Å². The van der Waals surface area contributed by atoms with Crippen LogP contribution >= 0.6 is 0 Å². The fraction of sp³-hybridized carbons (Fsp3) is 0.500. The molecule has 5 nitrogen and oxygen atoms in total. The molecule has 0 radical (unpaired) electrons. The molecule has 0 aromatic rings. The van der Waals surface area contributed by atoms with E-state index >= 15 is 0 Å². The molecule has 0 amide bonds. The van der Waals surface area contributed by atoms with E-state index in [2.05, 4.69) is 16.1 Å². The van der Waals surface area contributed by atoms with Crippen molar-refractivity contribution in [1.29, 1.82) is 0 Å². The molecule has 0 bridgehead atoms. The van der Waals surface area contributed by atoms with E-state index in [1.54, 1.807) is 0 Å². The Hall–Kier alpha value is -0.650. The summed E-state index contributed by atoms with van der Waals surface area (Å²) in [5.74, 6) is -1.67. The summed E-state index contributed by atoms with van der Waals surface area (Å²) in [6.45, 7) is 7.50. The normalized spacial score (nSPS) is 10.7. The van der Waals surface area contributed by atoms with Gasteiger partial charge in [-0.3, -0.25) is 9.59 Å². The zero-order valence-electron chi connectivity index (χ0n) is 11.0. The third-order valence-electron chi connectivity index (χ3n) is 1.31. The summed E-state index contributed by atoms with van der Waals surface area (Å²) in [7, 11) is 0. The van der Waals surface area contributed by atoms with Crippen molar-refractivity contribution in [1.82, 2.24) is 0 Å². The van der Waals surface area contributed by atoms with Crippen molar-refractivity contribution in [2.45, 2.75) is 33.5 Å². The molecule has 0 fully saturated rings. The summed E-state index contributed by atoms with van der Waals surface area (Å²) in [4.78, 5) is 32.5. The van der Waals surface area contributed by atoms with Crippen LogP contribution in [0.25, 0.3) is 0 Å². The van der Waals surface area contributed by atoms with Gasteiger partial charge in [0, 0.05) is 12.5 Å². The molecule has 0 aromatic heterocycles. The van der Waals surface area contributed by atoms with E-state index in [0.717, 1.165) is 0 Å². The number of Topliss-reactive ketones (excluding diaryl/α,β-unsaturated/α-hetero) is 1. The number of ether oxygens (including phenoxy) is 2. The fourth-order valence-corrected chi connectivity index (χ4v) is 0.705. The molecule has 0 N–H and O–H groups in total. The van der Waals surface area contributed by atoms with Crippen molar-refractivity contribution in [3.05, 3.63) is 12.2 Å². The zero-order chi connectivity index (χ0) is 12.0. The average Bonchev–Trinajstić information content (AvgIpc) is 2.00. The molecule has 1 unspecified atom stereocenters. The van der Waals surface area contributed by atoms with Crippen LogP contribution in [-0.4, -0.2) is 24.0 Å². The second-order valence-corrected chi connectivity index (χ2v) is 3.12. The summed E-state index contributed by atoms with van der Waals surface area (Å²) < 4.78 is 9.31. The number of ketones is 1. The van der Waals surface area contributed by atoms with Gasteiger partial charge in [0.25, 0.3) is 0 Å². The van der Waals surface area contributed by atoms with E-state index in [4.69, 9.17) is 0 Å². The molecule has 0 aliphatic rings. The fourth-order valence-electron chi connectivity index (χ4n) is 0.705. The molecule has 0 aliphatic heterocycles. The minimum atomic E-state index is -1.01. The Labute approximate surface area is 118 Å². The van der Waals surface area contributed by atoms with E-state index < -0.39 is 18.2 Å². The van der Waals surface area contributed by atoms with Gasteiger partial charge >= 0.3 is 41.5 Å². The Balaban J connectivity index is -0.000000980. The van der Waals surface area contributed by atoms with Crippen molar-refractivity contribution in [3.63, 3.8) is 0 Å². The van der Waals surface area contributed by atoms with Gasteiger partial charge < -0.3 is 10.9 Å². The van der Waals surface area contributed by atoms with Gasteiger partial charge in [-0.25, -0.2) is 4.79 Å². The first-order valence-electron chi connectivity index (χ1n) is 4.38. The van der Waals surface area contributed by atoms with E-state index in [1.807, 2.05) is 0 Å². The third kappa shape index (κ3) is 8.64. The topological polar surface area (TPSA) is 69.7 Å². The van der Waals surface area contributed by atoms with Gasteiger partial charge in [0.2, 0.25) is 6.29 Å². The second-order valence-electron chi connectivity index (χ2n) is 3.12. The van der Waals surface area contributed by atoms with Gasteiger partial charge in [0.1, 0.15) is 12.2 Å². The van der Waals surface area contributed by atoms with E-state index in [9.17, 15) is 14.4 Å². The van der Waals surface area contributed by atoms with Gasteiger partial charge in [-0.15, -0.1) is 0 Å². The van der Waals surface area contributed by atoms with Crippen LogP contribution in [0.1, 0.15) is 28.6 Å². The smallest absolute Gasteiger partial charge is 1.00 e. The number of carbonyl (C=O) groups excluding carboxylic acids is 3. The summed E-state index contributed by atoms with van der Waals surface area (Å²) in [6.07, 6.45) is -1.34. The Morgan fingerprint density at radius 1 is 1.25 bits per heavy atom. The van der Waals surface area contributed by atoms with Crippen LogP contribution in [0, 0.1) is 0 Å². The first-order chi connectivity index (χ1) is 6.82. The van der Waals surface area contributed by atoms with Gasteiger partial charge in [0.15, 0.2) is 0 Å². The van der Waals surface area contributed by atoms with E-state index in [0.29, 0.717) is 0 Å². The average molecular weight is 238 g/mol. The standard InChI is InChI=1S/C10H14O5.Na.H/c1-6(2)10(13)15-8(4)14-9(12)5-7(3)11;;/h8H,1,5H2,2-4H3;;/q;+1;-1. The van der Waals surface area contributed by atoms with Crippen LogP contribution in [0.4, 0.5) is 0 Å². The molecule has 0 saturated carbocycles. The molecule has 1 atom stereocenters. The Kier molecular flexibility index (Phi) is 9.42. The van der Waals surface area contributed by atoms with Crippen molar-refractivity contribution in [2.24, 2.45) is 0 Å². The molecular formula is C10H15NaO5. The number of carbonyl (C=O) groups is 3. The van der Waals surface area contributed by atoms with Gasteiger partial charge in [-0.05, 0) is 13.8 Å². The molecule has 0 saturated heterocycles. The summed E-state index contributed by atoms with van der Waals surface area (Å²) in [6, 6.07) is 0. The van der Waals surface area contributed by atoms with Crippen LogP contribution < -0.4 is 29.6 Å². The monoisotopic (exact) mass is 238 g/mol. The molecule has 0 rings (SSSR count). The van der Waals surface area contributed by atoms with Crippen molar-refractivity contribution in [3.8, 4) is 0 Å². The van der Waals surface area contributed by atoms with Crippen LogP contribution in [0.5, 0.6) is 0 Å². The summed E-state index contributed by atoms with van der Waals surface area (Å²) in [5.41, 5.74) is 0.212. The number of hydrogen-bond donors (Lipinski definition) is 0. The maximum absolute atomic E-state index is 11.0. The van der Waals surface area contributed by atoms with Crippen molar-refractivity contribution >= 4 is 17.7 Å². The minimum Gasteiger partial charge on any atom is -1.00 e. The number of rotatable bonds is 5. The first-order valence-corrected chi connectivity index (χ1v) is 4.38. The van der Waals surface area contributed by atoms with Gasteiger partial charge in [-0.1, -0.05) is 6.58 Å². The molecule has 0 aromatic carbocycles. The summed E-state index contributed by atoms with van der Waals surface area (Å²) >= 11 is 0. The maximum atomic E-state index is 11.0. The predicted molar refractivity (Wildman–Crippen MR) is 52.9 cm³/mol.